The first-order valence-electron chi connectivity index (χ1n) is 8.04. The minimum Gasteiger partial charge on any atom is -0.465 e. The molecule has 2 amide bonds. The lowest BCUT2D eigenvalue weighted by Gasteiger charge is -2.27. The van der Waals surface area contributed by atoms with Gasteiger partial charge in [0.05, 0.1) is 24.4 Å². The summed E-state index contributed by atoms with van der Waals surface area (Å²) >= 11 is 6.53. The molecule has 3 rings (SSSR count). The molecule has 0 radical (unpaired) electrons. The molecule has 2 fully saturated rings. The maximum atomic E-state index is 12.4. The van der Waals surface area contributed by atoms with Crippen molar-refractivity contribution in [3.63, 3.8) is 0 Å². The van der Waals surface area contributed by atoms with Crippen molar-refractivity contribution in [2.24, 2.45) is 0 Å². The van der Waals surface area contributed by atoms with E-state index in [0.717, 1.165) is 0 Å². The normalized spacial score (nSPS) is 20.5. The number of hydrazine groups is 1. The highest BCUT2D eigenvalue weighted by molar-refractivity contribution is 8.26. The Hall–Kier alpha value is -1.68. The number of rotatable bonds is 6. The van der Waals surface area contributed by atoms with Gasteiger partial charge in [0, 0.05) is 32.1 Å². The van der Waals surface area contributed by atoms with E-state index in [0.29, 0.717) is 60.7 Å². The Balaban J connectivity index is 1.45. The zero-order valence-electron chi connectivity index (χ0n) is 13.6. The predicted molar refractivity (Wildman–Crippen MR) is 98.4 cm³/mol. The number of amides is 2. The zero-order chi connectivity index (χ0) is 17.6. The smallest absolute Gasteiger partial charge is 0.266 e. The number of carbonyl (C=O) groups excluding carboxylic acids is 2. The van der Waals surface area contributed by atoms with Crippen molar-refractivity contribution in [2.75, 3.05) is 32.8 Å². The lowest BCUT2D eigenvalue weighted by atomic mass is 10.2. The summed E-state index contributed by atoms with van der Waals surface area (Å²) in [4.78, 5) is 26.5. The Morgan fingerprint density at radius 2 is 2.20 bits per heavy atom. The Kier molecular flexibility index (Phi) is 6.24. The number of ether oxygens (including phenoxy) is 1. The summed E-state index contributed by atoms with van der Waals surface area (Å²) in [5.41, 5.74) is 2.85. The molecule has 25 heavy (non-hydrogen) atoms. The van der Waals surface area contributed by atoms with Crippen molar-refractivity contribution in [3.8, 4) is 0 Å². The van der Waals surface area contributed by atoms with Crippen LogP contribution >= 0.6 is 24.0 Å². The van der Waals surface area contributed by atoms with Crippen LogP contribution in [0, 0.1) is 0 Å². The van der Waals surface area contributed by atoms with Gasteiger partial charge in [-0.2, -0.15) is 0 Å². The second-order valence-corrected chi connectivity index (χ2v) is 7.26. The van der Waals surface area contributed by atoms with Gasteiger partial charge in [0.1, 0.15) is 10.1 Å². The number of morpholine rings is 1. The van der Waals surface area contributed by atoms with E-state index in [9.17, 15) is 9.59 Å². The van der Waals surface area contributed by atoms with Crippen LogP contribution in [0.3, 0.4) is 0 Å². The van der Waals surface area contributed by atoms with Gasteiger partial charge in [0.2, 0.25) is 5.91 Å². The quantitative estimate of drug-likeness (QED) is 0.593. The number of carbonyl (C=O) groups is 2. The highest BCUT2D eigenvalue weighted by Crippen LogP contribution is 2.32. The zero-order valence-corrected chi connectivity index (χ0v) is 15.2. The molecule has 0 unspecified atom stereocenters. The number of hydrogen-bond acceptors (Lipinski definition) is 7. The molecule has 2 saturated heterocycles. The van der Waals surface area contributed by atoms with Crippen LogP contribution < -0.4 is 5.43 Å². The Labute approximate surface area is 155 Å². The monoisotopic (exact) mass is 381 g/mol. The summed E-state index contributed by atoms with van der Waals surface area (Å²) in [5.74, 6) is 0.420. The molecule has 9 heteroatoms. The fraction of sp³-hybridized carbons (Fsp3) is 0.438. The second-order valence-electron chi connectivity index (χ2n) is 5.59. The van der Waals surface area contributed by atoms with Gasteiger partial charge in [-0.05, 0) is 18.6 Å². The number of hydrogen-bond donors (Lipinski definition) is 1. The van der Waals surface area contributed by atoms with Crippen molar-refractivity contribution in [2.45, 2.75) is 12.8 Å². The highest BCUT2D eigenvalue weighted by Gasteiger charge is 2.31. The summed E-state index contributed by atoms with van der Waals surface area (Å²) in [6.07, 6.45) is 4.13. The van der Waals surface area contributed by atoms with Crippen LogP contribution in [0.1, 0.15) is 18.6 Å². The summed E-state index contributed by atoms with van der Waals surface area (Å²) in [6.45, 7) is 3.06. The van der Waals surface area contributed by atoms with Gasteiger partial charge >= 0.3 is 0 Å². The molecule has 0 atom stereocenters. The van der Waals surface area contributed by atoms with E-state index in [2.05, 4.69) is 5.43 Å². The number of thioether (sulfide) groups is 1. The van der Waals surface area contributed by atoms with Crippen molar-refractivity contribution in [3.05, 3.63) is 29.1 Å². The largest absolute Gasteiger partial charge is 0.465 e. The Morgan fingerprint density at radius 3 is 2.92 bits per heavy atom. The SMILES string of the molecule is O=C(CCCN1C(=O)C(=Cc2ccco2)SC1=S)NN1CCOCC1. The molecule has 0 aromatic carbocycles. The molecule has 1 aromatic heterocycles. The molecule has 1 aromatic rings. The Morgan fingerprint density at radius 1 is 1.40 bits per heavy atom. The first-order valence-corrected chi connectivity index (χ1v) is 9.27. The summed E-state index contributed by atoms with van der Waals surface area (Å²) in [6, 6.07) is 3.54. The molecule has 134 valence electrons. The third-order valence-electron chi connectivity index (χ3n) is 3.77. The van der Waals surface area contributed by atoms with Crippen molar-refractivity contribution < 1.29 is 18.7 Å². The summed E-state index contributed by atoms with van der Waals surface area (Å²) in [7, 11) is 0. The van der Waals surface area contributed by atoms with Gasteiger partial charge < -0.3 is 9.15 Å². The van der Waals surface area contributed by atoms with Crippen LogP contribution in [0.25, 0.3) is 6.08 Å². The molecular weight excluding hydrogens is 362 g/mol. The lowest BCUT2D eigenvalue weighted by molar-refractivity contribution is -0.128. The van der Waals surface area contributed by atoms with E-state index in [1.165, 1.54) is 16.7 Å². The van der Waals surface area contributed by atoms with Crippen LogP contribution in [-0.2, 0) is 14.3 Å². The van der Waals surface area contributed by atoms with Crippen LogP contribution in [0.2, 0.25) is 0 Å². The first-order chi connectivity index (χ1) is 12.1. The topological polar surface area (TPSA) is 75.0 Å². The molecule has 7 nitrogen and oxygen atoms in total. The molecule has 2 aliphatic heterocycles. The van der Waals surface area contributed by atoms with Crippen LogP contribution in [0.4, 0.5) is 0 Å². The van der Waals surface area contributed by atoms with Gasteiger partial charge in [-0.1, -0.05) is 24.0 Å². The lowest BCUT2D eigenvalue weighted by Crippen LogP contribution is -2.48. The predicted octanol–water partition coefficient (Wildman–Crippen LogP) is 1.62. The maximum absolute atomic E-state index is 12.4. The number of thiocarbonyl (C=S) groups is 1. The molecule has 0 saturated carbocycles. The molecule has 0 bridgehead atoms. The first kappa shape index (κ1) is 18.1. The molecular formula is C16H19N3O4S2. The number of nitrogens with zero attached hydrogens (tertiary/aromatic N) is 2. The van der Waals surface area contributed by atoms with Crippen LogP contribution in [0.15, 0.2) is 27.7 Å². The Bertz CT molecular complexity index is 669. The van der Waals surface area contributed by atoms with E-state index in [1.54, 1.807) is 24.5 Å². The van der Waals surface area contributed by atoms with E-state index >= 15 is 0 Å². The maximum Gasteiger partial charge on any atom is 0.266 e. The third kappa shape index (κ3) is 4.91. The van der Waals surface area contributed by atoms with E-state index in [4.69, 9.17) is 21.4 Å². The number of furan rings is 1. The van der Waals surface area contributed by atoms with Crippen molar-refractivity contribution in [1.29, 1.82) is 0 Å². The van der Waals surface area contributed by atoms with Crippen LogP contribution in [0.5, 0.6) is 0 Å². The average Bonchev–Trinajstić information content (AvgIpc) is 3.19. The minimum absolute atomic E-state index is 0.0570. The standard InChI is InChI=1S/C16H19N3O4S2/c20-14(17-18-6-9-22-10-7-18)4-1-5-19-15(21)13(25-16(19)24)11-12-3-2-8-23-12/h2-3,8,11H,1,4-7,9-10H2,(H,17,20). The fourth-order valence-corrected chi connectivity index (χ4v) is 3.79. The molecule has 2 aliphatic rings. The van der Waals surface area contributed by atoms with Gasteiger partial charge in [0.25, 0.3) is 5.91 Å². The van der Waals surface area contributed by atoms with Gasteiger partial charge in [-0.3, -0.25) is 19.9 Å². The third-order valence-corrected chi connectivity index (χ3v) is 5.15. The molecule has 3 heterocycles. The summed E-state index contributed by atoms with van der Waals surface area (Å²) < 4.78 is 11.0. The average molecular weight is 381 g/mol. The van der Waals surface area contributed by atoms with Crippen molar-refractivity contribution in [1.82, 2.24) is 15.3 Å². The van der Waals surface area contributed by atoms with Gasteiger partial charge in [0.15, 0.2) is 0 Å². The number of nitrogens with one attached hydrogen (secondary N) is 1. The van der Waals surface area contributed by atoms with Gasteiger partial charge in [-0.15, -0.1) is 0 Å². The molecule has 0 spiro atoms. The van der Waals surface area contributed by atoms with E-state index in [-0.39, 0.29) is 11.8 Å². The fourth-order valence-electron chi connectivity index (χ4n) is 2.50. The van der Waals surface area contributed by atoms with Crippen molar-refractivity contribution >= 4 is 46.2 Å². The van der Waals surface area contributed by atoms with E-state index < -0.39 is 0 Å². The second kappa shape index (κ2) is 8.61. The summed E-state index contributed by atoms with van der Waals surface area (Å²) in [5, 5.41) is 1.86. The highest BCUT2D eigenvalue weighted by atomic mass is 32.2. The molecule has 0 aliphatic carbocycles. The molecule has 1 N–H and O–H groups in total. The minimum atomic E-state index is -0.139. The van der Waals surface area contributed by atoms with E-state index in [1.807, 2.05) is 5.01 Å². The van der Waals surface area contributed by atoms with Crippen LogP contribution in [-0.4, -0.2) is 58.9 Å². The van der Waals surface area contributed by atoms with Gasteiger partial charge in [-0.25, -0.2) is 5.01 Å².